The molecule has 66 valence electrons. The molecule has 0 saturated carbocycles. The van der Waals surface area contributed by atoms with Gasteiger partial charge in [0.25, 0.3) is 0 Å². The van der Waals surface area contributed by atoms with Crippen LogP contribution in [0.3, 0.4) is 0 Å². The van der Waals surface area contributed by atoms with Crippen LogP contribution in [-0.2, 0) is 4.79 Å². The smallest absolute Gasteiger partial charge is 0.127 e. The monoisotopic (exact) mass is 285 g/mol. The molecule has 0 bridgehead atoms. The minimum Gasteiger partial charge on any atom is -0.303 e. The van der Waals surface area contributed by atoms with Gasteiger partial charge >= 0.3 is 0 Å². The second-order valence-corrected chi connectivity index (χ2v) is 4.01. The topological polar surface area (TPSA) is 40.9 Å². The van der Waals surface area contributed by atoms with Gasteiger partial charge in [0.15, 0.2) is 0 Å². The lowest BCUT2D eigenvalue weighted by atomic mass is 9.98. The molecule has 0 heterocycles. The van der Waals surface area contributed by atoms with Gasteiger partial charge in [-0.05, 0) is 46.4 Å². The van der Waals surface area contributed by atoms with Crippen molar-refractivity contribution < 1.29 is 4.79 Å². The van der Waals surface area contributed by atoms with Gasteiger partial charge in [-0.1, -0.05) is 6.92 Å². The third-order valence-corrected chi connectivity index (χ3v) is 2.50. The Hall–Kier alpha value is -0.890. The lowest BCUT2D eigenvalue weighted by molar-refractivity contribution is -0.108. The molecular formula is C10H8INO. The lowest BCUT2D eigenvalue weighted by Crippen LogP contribution is -1.98. The fourth-order valence-corrected chi connectivity index (χ4v) is 1.60. The molecule has 3 heteroatoms. The van der Waals surface area contributed by atoms with Crippen LogP contribution < -0.4 is 0 Å². The standard InChI is InChI=1S/C10H8INO/c1-7(6-13)10-4-9(11)3-2-8(10)5-12/h2-4,6-7H,1H3. The average molecular weight is 285 g/mol. The number of hydrogen-bond donors (Lipinski definition) is 0. The molecule has 0 aliphatic heterocycles. The molecule has 0 aliphatic carbocycles. The molecule has 1 aromatic carbocycles. The van der Waals surface area contributed by atoms with Gasteiger partial charge < -0.3 is 4.79 Å². The molecule has 13 heavy (non-hydrogen) atoms. The van der Waals surface area contributed by atoms with Crippen LogP contribution in [0.4, 0.5) is 0 Å². The molecule has 1 rings (SSSR count). The highest BCUT2D eigenvalue weighted by atomic mass is 127. The first kappa shape index (κ1) is 10.2. The Morgan fingerprint density at radius 2 is 2.31 bits per heavy atom. The van der Waals surface area contributed by atoms with E-state index in [2.05, 4.69) is 28.7 Å². The van der Waals surface area contributed by atoms with E-state index in [0.717, 1.165) is 15.4 Å². The van der Waals surface area contributed by atoms with Gasteiger partial charge in [-0.3, -0.25) is 0 Å². The number of aldehydes is 1. The second kappa shape index (κ2) is 4.38. The molecule has 0 radical (unpaired) electrons. The van der Waals surface area contributed by atoms with Crippen LogP contribution in [0.15, 0.2) is 18.2 Å². The van der Waals surface area contributed by atoms with Crippen LogP contribution in [0.1, 0.15) is 24.0 Å². The summed E-state index contributed by atoms with van der Waals surface area (Å²) in [5.41, 5.74) is 1.39. The predicted molar refractivity (Wildman–Crippen MR) is 58.4 cm³/mol. The van der Waals surface area contributed by atoms with E-state index >= 15 is 0 Å². The van der Waals surface area contributed by atoms with E-state index in [1.807, 2.05) is 12.1 Å². The van der Waals surface area contributed by atoms with E-state index in [1.54, 1.807) is 13.0 Å². The molecule has 1 atom stereocenters. The van der Waals surface area contributed by atoms with Gasteiger partial charge in [-0.2, -0.15) is 5.26 Å². The van der Waals surface area contributed by atoms with Crippen molar-refractivity contribution >= 4 is 28.9 Å². The van der Waals surface area contributed by atoms with E-state index in [1.165, 1.54) is 0 Å². The van der Waals surface area contributed by atoms with Crippen LogP contribution >= 0.6 is 22.6 Å². The number of hydrogen-bond acceptors (Lipinski definition) is 2. The van der Waals surface area contributed by atoms with Crippen molar-refractivity contribution in [2.24, 2.45) is 0 Å². The van der Waals surface area contributed by atoms with Crippen molar-refractivity contribution in [1.82, 2.24) is 0 Å². The van der Waals surface area contributed by atoms with E-state index < -0.39 is 0 Å². The molecular weight excluding hydrogens is 277 g/mol. The summed E-state index contributed by atoms with van der Waals surface area (Å²) in [5.74, 6) is -0.204. The highest BCUT2D eigenvalue weighted by molar-refractivity contribution is 14.1. The van der Waals surface area contributed by atoms with E-state index in [9.17, 15) is 4.79 Å². The average Bonchev–Trinajstić information content (AvgIpc) is 2.16. The summed E-state index contributed by atoms with van der Waals surface area (Å²) >= 11 is 2.16. The van der Waals surface area contributed by atoms with Crippen molar-refractivity contribution in [3.63, 3.8) is 0 Å². The van der Waals surface area contributed by atoms with Crippen LogP contribution in [0.5, 0.6) is 0 Å². The van der Waals surface area contributed by atoms with Crippen LogP contribution in [0, 0.1) is 14.9 Å². The van der Waals surface area contributed by atoms with Crippen molar-refractivity contribution in [2.75, 3.05) is 0 Å². The zero-order chi connectivity index (χ0) is 9.84. The van der Waals surface area contributed by atoms with Crippen molar-refractivity contribution in [3.8, 4) is 6.07 Å². The Labute approximate surface area is 90.7 Å². The third-order valence-electron chi connectivity index (χ3n) is 1.83. The summed E-state index contributed by atoms with van der Waals surface area (Å²) in [6.45, 7) is 1.79. The van der Waals surface area contributed by atoms with Crippen LogP contribution in [-0.4, -0.2) is 6.29 Å². The van der Waals surface area contributed by atoms with Gasteiger partial charge in [0, 0.05) is 9.49 Å². The fraction of sp³-hybridized carbons (Fsp3) is 0.200. The quantitative estimate of drug-likeness (QED) is 0.618. The highest BCUT2D eigenvalue weighted by Gasteiger charge is 2.09. The lowest BCUT2D eigenvalue weighted by Gasteiger charge is -2.06. The largest absolute Gasteiger partial charge is 0.303 e. The molecule has 0 amide bonds. The highest BCUT2D eigenvalue weighted by Crippen LogP contribution is 2.20. The zero-order valence-corrected chi connectivity index (χ0v) is 9.28. The molecule has 0 aromatic heterocycles. The summed E-state index contributed by atoms with van der Waals surface area (Å²) in [5, 5.41) is 8.79. The van der Waals surface area contributed by atoms with Gasteiger partial charge in [0.1, 0.15) is 6.29 Å². The molecule has 0 saturated heterocycles. The van der Waals surface area contributed by atoms with E-state index in [-0.39, 0.29) is 5.92 Å². The Morgan fingerprint density at radius 3 is 2.85 bits per heavy atom. The maximum absolute atomic E-state index is 10.6. The molecule has 1 aromatic rings. The maximum Gasteiger partial charge on any atom is 0.127 e. The number of benzene rings is 1. The second-order valence-electron chi connectivity index (χ2n) is 2.77. The van der Waals surface area contributed by atoms with Gasteiger partial charge in [-0.15, -0.1) is 0 Å². The van der Waals surface area contributed by atoms with Gasteiger partial charge in [0.2, 0.25) is 0 Å². The summed E-state index contributed by atoms with van der Waals surface area (Å²) in [7, 11) is 0. The summed E-state index contributed by atoms with van der Waals surface area (Å²) in [6.07, 6.45) is 0.853. The normalized spacial score (nSPS) is 11.8. The number of nitriles is 1. The molecule has 1 unspecified atom stereocenters. The molecule has 0 aliphatic rings. The summed E-state index contributed by atoms with van der Waals surface area (Å²) in [4.78, 5) is 10.6. The van der Waals surface area contributed by atoms with Crippen molar-refractivity contribution in [1.29, 1.82) is 5.26 Å². The zero-order valence-electron chi connectivity index (χ0n) is 7.12. The summed E-state index contributed by atoms with van der Waals surface area (Å²) in [6, 6.07) is 7.56. The molecule has 0 fully saturated rings. The number of halogens is 1. The minimum atomic E-state index is -0.204. The maximum atomic E-state index is 10.6. The first-order valence-corrected chi connectivity index (χ1v) is 4.91. The SMILES string of the molecule is CC(C=O)c1cc(I)ccc1C#N. The van der Waals surface area contributed by atoms with Gasteiger partial charge in [0.05, 0.1) is 11.6 Å². The molecule has 0 spiro atoms. The number of nitrogens with zero attached hydrogens (tertiary/aromatic N) is 1. The first-order chi connectivity index (χ1) is 6.19. The molecule has 0 N–H and O–H groups in total. The number of carbonyl (C=O) groups is 1. The van der Waals surface area contributed by atoms with E-state index in [0.29, 0.717) is 5.56 Å². The van der Waals surface area contributed by atoms with Crippen LogP contribution in [0.25, 0.3) is 0 Å². The summed E-state index contributed by atoms with van der Waals surface area (Å²) < 4.78 is 1.04. The first-order valence-electron chi connectivity index (χ1n) is 3.84. The Balaban J connectivity index is 3.25. The van der Waals surface area contributed by atoms with Crippen LogP contribution in [0.2, 0.25) is 0 Å². The third kappa shape index (κ3) is 2.28. The van der Waals surface area contributed by atoms with Crippen molar-refractivity contribution in [3.05, 3.63) is 32.9 Å². The number of carbonyl (C=O) groups excluding carboxylic acids is 1. The number of rotatable bonds is 2. The van der Waals surface area contributed by atoms with Crippen molar-refractivity contribution in [2.45, 2.75) is 12.8 Å². The van der Waals surface area contributed by atoms with E-state index in [4.69, 9.17) is 5.26 Å². The fourth-order valence-electron chi connectivity index (χ4n) is 1.09. The minimum absolute atomic E-state index is 0.204. The predicted octanol–water partition coefficient (Wildman–Crippen LogP) is 2.47. The Morgan fingerprint density at radius 1 is 1.62 bits per heavy atom. The van der Waals surface area contributed by atoms with Gasteiger partial charge in [-0.25, -0.2) is 0 Å². The Kier molecular flexibility index (Phi) is 3.43. The Bertz CT molecular complexity index is 368. The molecule has 2 nitrogen and oxygen atoms in total.